The average Bonchev–Trinajstić information content (AvgIpc) is 2.62. The Labute approximate surface area is 162 Å². The first kappa shape index (κ1) is 24.9. The first-order valence-electron chi connectivity index (χ1n) is 9.03. The van der Waals surface area contributed by atoms with Crippen LogP contribution in [0, 0.1) is 0 Å². The lowest BCUT2D eigenvalue weighted by molar-refractivity contribution is -0.143. The van der Waals surface area contributed by atoms with Gasteiger partial charge in [0.2, 0.25) is 0 Å². The fraction of sp³-hybridized carbons (Fsp3) is 0.667. The zero-order valence-electron chi connectivity index (χ0n) is 16.0. The minimum Gasteiger partial charge on any atom is -0.379 e. The number of benzene rings is 1. The van der Waals surface area contributed by atoms with E-state index in [9.17, 15) is 26.3 Å². The molecular weight excluding hydrogens is 406 g/mol. The third kappa shape index (κ3) is 9.40. The molecule has 0 aliphatic heterocycles. The van der Waals surface area contributed by atoms with Crippen molar-refractivity contribution in [3.05, 3.63) is 34.9 Å². The van der Waals surface area contributed by atoms with Crippen LogP contribution in [0.2, 0.25) is 0 Å². The van der Waals surface area contributed by atoms with E-state index < -0.39 is 33.0 Å². The minimum atomic E-state index is -4.80. The largest absolute Gasteiger partial charge is 0.483 e. The molecule has 0 aromatic heterocycles. The Balaban J connectivity index is 2.37. The molecule has 0 radical (unpaired) electrons. The zero-order chi connectivity index (χ0) is 21.2. The van der Waals surface area contributed by atoms with Crippen LogP contribution in [0.15, 0.2) is 18.2 Å². The number of alkyl halides is 6. The average molecular weight is 432 g/mol. The van der Waals surface area contributed by atoms with E-state index in [2.05, 4.69) is 0 Å². The van der Waals surface area contributed by atoms with Crippen molar-refractivity contribution in [2.24, 2.45) is 0 Å². The van der Waals surface area contributed by atoms with E-state index >= 15 is 0 Å². The maximum absolute atomic E-state index is 12.8. The highest BCUT2D eigenvalue weighted by Gasteiger charge is 2.36. The summed E-state index contributed by atoms with van der Waals surface area (Å²) in [6.45, 7) is 0.545. The van der Waals surface area contributed by atoms with E-state index in [0.717, 1.165) is 44.2 Å². The van der Waals surface area contributed by atoms with Crippen LogP contribution >= 0.6 is 0 Å². The molecule has 0 saturated carbocycles. The van der Waals surface area contributed by atoms with Crippen LogP contribution in [-0.4, -0.2) is 30.4 Å². The molecule has 1 aromatic rings. The lowest BCUT2D eigenvalue weighted by Gasteiger charge is -2.14. The molecule has 0 saturated heterocycles. The van der Waals surface area contributed by atoms with E-state index in [-0.39, 0.29) is 18.1 Å². The topological polar surface area (TPSA) is 27.7 Å². The van der Waals surface area contributed by atoms with Gasteiger partial charge in [0.1, 0.15) is 0 Å². The van der Waals surface area contributed by atoms with Crippen molar-refractivity contribution in [3.63, 3.8) is 0 Å². The first-order chi connectivity index (χ1) is 13.1. The molecule has 10 heteroatoms. The van der Waals surface area contributed by atoms with Crippen LogP contribution in [0.3, 0.4) is 0 Å². The van der Waals surface area contributed by atoms with Crippen LogP contribution in [-0.2, 0) is 32.1 Å². The second-order valence-corrected chi connectivity index (χ2v) is 8.27. The SMILES string of the molecule is CO[SiH](OC)OCCCCCCCCc1cc(C(F)(F)F)cc(C(F)(F)F)c1. The summed E-state index contributed by atoms with van der Waals surface area (Å²) < 4.78 is 92.4. The number of aryl methyl sites for hydroxylation is 1. The molecule has 1 aromatic carbocycles. The molecule has 0 amide bonds. The van der Waals surface area contributed by atoms with Crippen molar-refractivity contribution >= 4 is 9.53 Å². The Hall–Kier alpha value is -1.10. The monoisotopic (exact) mass is 432 g/mol. The van der Waals surface area contributed by atoms with Gasteiger partial charge in [0.15, 0.2) is 0 Å². The van der Waals surface area contributed by atoms with Crippen LogP contribution in [0.5, 0.6) is 0 Å². The summed E-state index contributed by atoms with van der Waals surface area (Å²) in [5, 5.41) is 0. The van der Waals surface area contributed by atoms with E-state index in [1.54, 1.807) is 0 Å². The Kier molecular flexibility index (Phi) is 10.5. The van der Waals surface area contributed by atoms with Crippen LogP contribution in [0.1, 0.15) is 55.2 Å². The van der Waals surface area contributed by atoms with E-state index in [1.165, 1.54) is 14.2 Å². The van der Waals surface area contributed by atoms with E-state index in [0.29, 0.717) is 13.0 Å². The van der Waals surface area contributed by atoms with Crippen molar-refractivity contribution in [1.29, 1.82) is 0 Å². The highest BCUT2D eigenvalue weighted by Crippen LogP contribution is 2.36. The minimum absolute atomic E-state index is 0.0608. The van der Waals surface area contributed by atoms with Gasteiger partial charge in [-0.25, -0.2) is 0 Å². The molecule has 0 spiro atoms. The third-order valence-electron chi connectivity index (χ3n) is 4.15. The molecule has 0 unspecified atom stereocenters. The Morgan fingerprint density at radius 1 is 0.714 bits per heavy atom. The lowest BCUT2D eigenvalue weighted by atomic mass is 9.99. The van der Waals surface area contributed by atoms with Crippen LogP contribution < -0.4 is 0 Å². The molecule has 1 rings (SSSR count). The van der Waals surface area contributed by atoms with Crippen LogP contribution in [0.4, 0.5) is 26.3 Å². The van der Waals surface area contributed by atoms with Gasteiger partial charge < -0.3 is 13.3 Å². The van der Waals surface area contributed by atoms with Crippen molar-refractivity contribution in [1.82, 2.24) is 0 Å². The van der Waals surface area contributed by atoms with Gasteiger partial charge in [-0.05, 0) is 43.0 Å². The van der Waals surface area contributed by atoms with Crippen molar-refractivity contribution in [2.45, 2.75) is 57.3 Å². The normalized spacial score (nSPS) is 12.8. The quantitative estimate of drug-likeness (QED) is 0.243. The molecule has 28 heavy (non-hydrogen) atoms. The molecule has 0 aliphatic carbocycles. The lowest BCUT2D eigenvalue weighted by Crippen LogP contribution is -2.24. The molecule has 0 N–H and O–H groups in total. The number of rotatable bonds is 12. The smallest absolute Gasteiger partial charge is 0.379 e. The maximum Gasteiger partial charge on any atom is 0.483 e. The molecule has 0 atom stereocenters. The summed E-state index contributed by atoms with van der Waals surface area (Å²) in [5.74, 6) is 0. The van der Waals surface area contributed by atoms with Crippen molar-refractivity contribution in [3.8, 4) is 0 Å². The van der Waals surface area contributed by atoms with Gasteiger partial charge in [0.05, 0.1) is 11.1 Å². The van der Waals surface area contributed by atoms with Crippen LogP contribution in [0.25, 0.3) is 0 Å². The highest BCUT2D eigenvalue weighted by molar-refractivity contribution is 6.36. The van der Waals surface area contributed by atoms with Gasteiger partial charge in [-0.2, -0.15) is 26.3 Å². The van der Waals surface area contributed by atoms with Crippen molar-refractivity contribution < 1.29 is 39.6 Å². The van der Waals surface area contributed by atoms with Gasteiger partial charge in [0, 0.05) is 20.8 Å². The predicted molar refractivity (Wildman–Crippen MR) is 95.0 cm³/mol. The molecule has 0 fully saturated rings. The molecular formula is C18H26F6O3Si. The molecule has 0 heterocycles. The molecule has 0 aliphatic rings. The highest BCUT2D eigenvalue weighted by atomic mass is 28.3. The molecule has 0 bridgehead atoms. The second kappa shape index (κ2) is 11.8. The Morgan fingerprint density at radius 3 is 1.64 bits per heavy atom. The summed E-state index contributed by atoms with van der Waals surface area (Å²) in [7, 11) is 1.07. The summed E-state index contributed by atoms with van der Waals surface area (Å²) >= 11 is 0. The summed E-state index contributed by atoms with van der Waals surface area (Å²) in [6, 6.07) is 1.77. The van der Waals surface area contributed by atoms with E-state index in [1.807, 2.05) is 0 Å². The number of halogens is 6. The summed E-state index contributed by atoms with van der Waals surface area (Å²) in [5.41, 5.74) is -2.46. The van der Waals surface area contributed by atoms with Gasteiger partial charge in [-0.15, -0.1) is 0 Å². The van der Waals surface area contributed by atoms with Gasteiger partial charge >= 0.3 is 21.9 Å². The Morgan fingerprint density at radius 2 is 1.18 bits per heavy atom. The maximum atomic E-state index is 12.8. The predicted octanol–water partition coefficient (Wildman–Crippen LogP) is 5.63. The Bertz CT molecular complexity index is 541. The molecule has 3 nitrogen and oxygen atoms in total. The fourth-order valence-electron chi connectivity index (χ4n) is 2.71. The van der Waals surface area contributed by atoms with Gasteiger partial charge in [-0.1, -0.05) is 25.7 Å². The first-order valence-corrected chi connectivity index (χ1v) is 10.4. The number of hydrogen-bond donors (Lipinski definition) is 0. The third-order valence-corrected chi connectivity index (χ3v) is 5.42. The number of hydrogen-bond acceptors (Lipinski definition) is 3. The van der Waals surface area contributed by atoms with Crippen molar-refractivity contribution in [2.75, 3.05) is 20.8 Å². The second-order valence-electron chi connectivity index (χ2n) is 6.42. The standard InChI is InChI=1S/C18H26F6O3Si/c1-25-28(26-2)27-10-8-6-4-3-5-7-9-14-11-15(17(19,20)21)13-16(12-14)18(22,23)24/h11-13,28H,3-10H2,1-2H3. The zero-order valence-corrected chi connectivity index (χ0v) is 17.1. The summed E-state index contributed by atoms with van der Waals surface area (Å²) in [4.78, 5) is 0. The molecule has 162 valence electrons. The number of unbranched alkanes of at least 4 members (excludes halogenated alkanes) is 5. The van der Waals surface area contributed by atoms with Gasteiger partial charge in [0.25, 0.3) is 0 Å². The fourth-order valence-corrected chi connectivity index (χ4v) is 3.54. The van der Waals surface area contributed by atoms with Gasteiger partial charge in [-0.3, -0.25) is 0 Å². The summed E-state index contributed by atoms with van der Waals surface area (Å²) in [6.07, 6.45) is -4.58. The van der Waals surface area contributed by atoms with E-state index in [4.69, 9.17) is 13.3 Å².